The predicted octanol–water partition coefficient (Wildman–Crippen LogP) is 2.86. The first-order chi connectivity index (χ1) is 8.58. The Labute approximate surface area is 108 Å². The van der Waals surface area contributed by atoms with Crippen LogP contribution in [0.1, 0.15) is 30.9 Å². The van der Waals surface area contributed by atoms with Crippen LogP contribution in [0.2, 0.25) is 0 Å². The van der Waals surface area contributed by atoms with Crippen LogP contribution in [-0.2, 0) is 11.2 Å². The van der Waals surface area contributed by atoms with Crippen molar-refractivity contribution in [1.29, 1.82) is 0 Å². The Morgan fingerprint density at radius 3 is 2.67 bits per heavy atom. The van der Waals surface area contributed by atoms with Gasteiger partial charge in [0.2, 0.25) is 0 Å². The van der Waals surface area contributed by atoms with Gasteiger partial charge in [0.1, 0.15) is 0 Å². The van der Waals surface area contributed by atoms with Crippen LogP contribution in [0.25, 0.3) is 0 Å². The Morgan fingerprint density at radius 1 is 1.39 bits per heavy atom. The van der Waals surface area contributed by atoms with Crippen LogP contribution < -0.4 is 4.90 Å². The van der Waals surface area contributed by atoms with Crippen molar-refractivity contribution in [2.75, 3.05) is 18.0 Å². The van der Waals surface area contributed by atoms with E-state index in [1.54, 1.807) is 6.92 Å². The molecule has 1 heterocycles. The summed E-state index contributed by atoms with van der Waals surface area (Å²) in [5.74, 6) is -1.04. The minimum atomic E-state index is -0.719. The molecular weight excluding hydrogens is 226 g/mol. The van der Waals surface area contributed by atoms with Crippen LogP contribution in [0, 0.1) is 12.8 Å². The number of carboxylic acids is 1. The van der Waals surface area contributed by atoms with Gasteiger partial charge in [-0.15, -0.1) is 0 Å². The number of rotatable bonds is 4. The van der Waals surface area contributed by atoms with E-state index < -0.39 is 5.97 Å². The lowest BCUT2D eigenvalue weighted by Crippen LogP contribution is -2.21. The van der Waals surface area contributed by atoms with Gasteiger partial charge >= 0.3 is 5.97 Å². The highest BCUT2D eigenvalue weighted by atomic mass is 16.4. The average Bonchev–Trinajstić information content (AvgIpc) is 2.82. The van der Waals surface area contributed by atoms with Gasteiger partial charge in [-0.2, -0.15) is 0 Å². The molecule has 0 saturated carbocycles. The third kappa shape index (κ3) is 2.84. The molecule has 0 spiro atoms. The van der Waals surface area contributed by atoms with Crippen molar-refractivity contribution in [2.24, 2.45) is 5.92 Å². The fourth-order valence-electron chi connectivity index (χ4n) is 2.56. The zero-order valence-corrected chi connectivity index (χ0v) is 11.1. The van der Waals surface area contributed by atoms with E-state index in [9.17, 15) is 4.79 Å². The highest BCUT2D eigenvalue weighted by Crippen LogP contribution is 2.27. The van der Waals surface area contributed by atoms with Gasteiger partial charge in [0.05, 0.1) is 5.92 Å². The standard InChI is InChI=1S/C15H21NO2/c1-11-5-6-14(16-7-3-4-8-16)13(9-11)10-12(2)15(17)18/h5-6,9,12H,3-4,7-8,10H2,1-2H3,(H,17,18). The molecule has 18 heavy (non-hydrogen) atoms. The molecular formula is C15H21NO2. The molecule has 0 aliphatic carbocycles. The second-order valence-corrected chi connectivity index (χ2v) is 5.27. The summed E-state index contributed by atoms with van der Waals surface area (Å²) >= 11 is 0. The first-order valence-corrected chi connectivity index (χ1v) is 6.65. The first kappa shape index (κ1) is 12.9. The second kappa shape index (κ2) is 5.42. The number of nitrogens with zero attached hydrogens (tertiary/aromatic N) is 1. The molecule has 1 aromatic carbocycles. The molecule has 1 N–H and O–H groups in total. The first-order valence-electron chi connectivity index (χ1n) is 6.65. The summed E-state index contributed by atoms with van der Waals surface area (Å²) < 4.78 is 0. The lowest BCUT2D eigenvalue weighted by atomic mass is 9.97. The van der Waals surface area contributed by atoms with Gasteiger partial charge in [0.15, 0.2) is 0 Å². The topological polar surface area (TPSA) is 40.5 Å². The van der Waals surface area contributed by atoms with Gasteiger partial charge in [-0.1, -0.05) is 24.6 Å². The highest BCUT2D eigenvalue weighted by molar-refractivity contribution is 5.70. The number of benzene rings is 1. The Hall–Kier alpha value is -1.51. The van der Waals surface area contributed by atoms with Crippen molar-refractivity contribution >= 4 is 11.7 Å². The van der Waals surface area contributed by atoms with Crippen molar-refractivity contribution in [3.05, 3.63) is 29.3 Å². The number of hydrogen-bond donors (Lipinski definition) is 1. The molecule has 98 valence electrons. The van der Waals surface area contributed by atoms with Crippen molar-refractivity contribution < 1.29 is 9.90 Å². The fraction of sp³-hybridized carbons (Fsp3) is 0.533. The highest BCUT2D eigenvalue weighted by Gasteiger charge is 2.19. The van der Waals surface area contributed by atoms with Gasteiger partial charge in [0.25, 0.3) is 0 Å². The summed E-state index contributed by atoms with van der Waals surface area (Å²) in [4.78, 5) is 13.4. The van der Waals surface area contributed by atoms with E-state index in [0.29, 0.717) is 6.42 Å². The summed E-state index contributed by atoms with van der Waals surface area (Å²) in [6.07, 6.45) is 3.09. The Kier molecular flexibility index (Phi) is 3.90. The molecule has 1 aromatic rings. The normalized spacial score (nSPS) is 16.9. The van der Waals surface area contributed by atoms with E-state index in [1.165, 1.54) is 29.7 Å². The van der Waals surface area contributed by atoms with Crippen LogP contribution >= 0.6 is 0 Å². The van der Waals surface area contributed by atoms with Crippen LogP contribution in [0.3, 0.4) is 0 Å². The quantitative estimate of drug-likeness (QED) is 0.889. The van der Waals surface area contributed by atoms with Crippen molar-refractivity contribution in [3.63, 3.8) is 0 Å². The number of anilines is 1. The molecule has 0 radical (unpaired) electrons. The number of aryl methyl sites for hydroxylation is 1. The van der Waals surface area contributed by atoms with Gasteiger partial charge < -0.3 is 10.0 Å². The van der Waals surface area contributed by atoms with Crippen LogP contribution in [0.4, 0.5) is 5.69 Å². The molecule has 3 nitrogen and oxygen atoms in total. The van der Waals surface area contributed by atoms with Crippen molar-refractivity contribution in [3.8, 4) is 0 Å². The molecule has 1 unspecified atom stereocenters. The zero-order chi connectivity index (χ0) is 13.1. The van der Waals surface area contributed by atoms with Gasteiger partial charge in [0, 0.05) is 18.8 Å². The summed E-state index contributed by atoms with van der Waals surface area (Å²) in [5, 5.41) is 9.06. The second-order valence-electron chi connectivity index (χ2n) is 5.27. The van der Waals surface area contributed by atoms with E-state index in [2.05, 4.69) is 30.0 Å². The van der Waals surface area contributed by atoms with Crippen molar-refractivity contribution in [1.82, 2.24) is 0 Å². The molecule has 0 bridgehead atoms. The maximum Gasteiger partial charge on any atom is 0.306 e. The van der Waals surface area contributed by atoms with Crippen LogP contribution in [0.5, 0.6) is 0 Å². The summed E-state index contributed by atoms with van der Waals surface area (Å²) in [6, 6.07) is 6.39. The monoisotopic (exact) mass is 247 g/mol. The molecule has 2 rings (SSSR count). The Bertz CT molecular complexity index is 436. The number of aliphatic carboxylic acids is 1. The molecule has 0 aromatic heterocycles. The largest absolute Gasteiger partial charge is 0.481 e. The molecule has 0 amide bonds. The summed E-state index contributed by atoms with van der Waals surface area (Å²) in [6.45, 7) is 6.02. The minimum absolute atomic E-state index is 0.326. The lowest BCUT2D eigenvalue weighted by Gasteiger charge is -2.22. The number of carbonyl (C=O) groups is 1. The average molecular weight is 247 g/mol. The number of carboxylic acid groups (broad SMARTS) is 1. The van der Waals surface area contributed by atoms with Crippen LogP contribution in [-0.4, -0.2) is 24.2 Å². The van der Waals surface area contributed by atoms with E-state index in [0.717, 1.165) is 13.1 Å². The van der Waals surface area contributed by atoms with E-state index in [-0.39, 0.29) is 5.92 Å². The molecule has 3 heteroatoms. The Balaban J connectivity index is 2.25. The predicted molar refractivity (Wildman–Crippen MR) is 73.1 cm³/mol. The minimum Gasteiger partial charge on any atom is -0.481 e. The molecule has 1 aliphatic heterocycles. The lowest BCUT2D eigenvalue weighted by molar-refractivity contribution is -0.141. The zero-order valence-electron chi connectivity index (χ0n) is 11.1. The fourth-order valence-corrected chi connectivity index (χ4v) is 2.56. The molecule has 1 aliphatic rings. The van der Waals surface area contributed by atoms with Crippen LogP contribution in [0.15, 0.2) is 18.2 Å². The third-order valence-electron chi connectivity index (χ3n) is 3.63. The smallest absolute Gasteiger partial charge is 0.306 e. The molecule has 1 atom stereocenters. The summed E-state index contributed by atoms with van der Waals surface area (Å²) in [5.41, 5.74) is 3.60. The van der Waals surface area contributed by atoms with Gasteiger partial charge in [-0.05, 0) is 37.8 Å². The third-order valence-corrected chi connectivity index (χ3v) is 3.63. The van der Waals surface area contributed by atoms with Gasteiger partial charge in [-0.3, -0.25) is 4.79 Å². The summed E-state index contributed by atoms with van der Waals surface area (Å²) in [7, 11) is 0. The molecule has 1 saturated heterocycles. The number of hydrogen-bond acceptors (Lipinski definition) is 2. The SMILES string of the molecule is Cc1ccc(N2CCCC2)c(CC(C)C(=O)O)c1. The maximum absolute atomic E-state index is 11.0. The van der Waals surface area contributed by atoms with Crippen molar-refractivity contribution in [2.45, 2.75) is 33.1 Å². The van der Waals surface area contributed by atoms with E-state index >= 15 is 0 Å². The molecule has 1 fully saturated rings. The van der Waals surface area contributed by atoms with Gasteiger partial charge in [-0.25, -0.2) is 0 Å². The Morgan fingerprint density at radius 2 is 2.06 bits per heavy atom. The maximum atomic E-state index is 11.0. The van der Waals surface area contributed by atoms with E-state index in [4.69, 9.17) is 5.11 Å². The van der Waals surface area contributed by atoms with E-state index in [1.807, 2.05) is 0 Å².